The van der Waals surface area contributed by atoms with E-state index in [1.165, 1.54) is 7.11 Å². The molecule has 0 fully saturated rings. The fraction of sp³-hybridized carbons (Fsp3) is 0.455. The van der Waals surface area contributed by atoms with Crippen LogP contribution in [0.25, 0.3) is 0 Å². The van der Waals surface area contributed by atoms with Crippen LogP contribution in [0.4, 0.5) is 0 Å². The zero-order valence-corrected chi connectivity index (χ0v) is 24.8. The monoisotopic (exact) mass is 594 g/mol. The Kier molecular flexibility index (Phi) is 11.2. The van der Waals surface area contributed by atoms with Crippen LogP contribution >= 0.6 is 0 Å². The van der Waals surface area contributed by atoms with Gasteiger partial charge in [-0.1, -0.05) is 18.2 Å². The van der Waals surface area contributed by atoms with Crippen LogP contribution < -0.4 is 19.5 Å². The summed E-state index contributed by atoms with van der Waals surface area (Å²) in [6.45, 7) is 3.59. The third-order valence-electron chi connectivity index (χ3n) is 8.00. The first-order valence-corrected chi connectivity index (χ1v) is 14.7. The summed E-state index contributed by atoms with van der Waals surface area (Å²) in [4.78, 5) is 28.9. The number of benzene rings is 2. The average molecular weight is 595 g/mol. The van der Waals surface area contributed by atoms with Gasteiger partial charge in [-0.3, -0.25) is 9.59 Å². The molecular formula is C33H42N2O8. The van der Waals surface area contributed by atoms with E-state index in [4.69, 9.17) is 14.2 Å². The Hall–Kier alpha value is -3.86. The predicted molar refractivity (Wildman–Crippen MR) is 161 cm³/mol. The first-order valence-electron chi connectivity index (χ1n) is 14.7. The second-order valence-electron chi connectivity index (χ2n) is 10.7. The maximum atomic E-state index is 13.8. The Morgan fingerprint density at radius 2 is 1.93 bits per heavy atom. The third kappa shape index (κ3) is 7.21. The molecule has 2 aliphatic rings. The molecule has 4 rings (SSSR count). The smallest absolute Gasteiger partial charge is 0.247 e. The fourth-order valence-electron chi connectivity index (χ4n) is 5.85. The predicted octanol–water partition coefficient (Wildman–Crippen LogP) is 2.64. The number of nitrogens with zero attached hydrogens (tertiary/aromatic N) is 1. The Balaban J connectivity index is 1.73. The number of methoxy groups -OCH3 is 2. The SMILES string of the molecule is C=CCCCCC(=O)N(CCc1cccc(OC)c1)C1C=C(C(=O)NCCO)C2c3cc(CO)cc(OC)c3OC2C1O. The number of hydrogen-bond acceptors (Lipinski definition) is 8. The van der Waals surface area contributed by atoms with Crippen molar-refractivity contribution < 1.29 is 39.1 Å². The van der Waals surface area contributed by atoms with E-state index in [0.717, 1.165) is 18.4 Å². The number of nitrogens with one attached hydrogen (secondary N) is 1. The lowest BCUT2D eigenvalue weighted by Crippen LogP contribution is -2.56. The number of fused-ring (bicyclic) bond motifs is 3. The van der Waals surface area contributed by atoms with Crippen LogP contribution in [0, 0.1) is 0 Å². The van der Waals surface area contributed by atoms with Crippen molar-refractivity contribution in [1.82, 2.24) is 10.2 Å². The number of rotatable bonds is 15. The summed E-state index contributed by atoms with van der Waals surface area (Å²) in [6.07, 6.45) is 4.46. The minimum atomic E-state index is -1.17. The number of ether oxygens (including phenoxy) is 3. The number of unbranched alkanes of at least 4 members (excludes halogenated alkanes) is 2. The molecule has 0 radical (unpaired) electrons. The molecule has 4 N–H and O–H groups in total. The highest BCUT2D eigenvalue weighted by molar-refractivity contribution is 5.96. The van der Waals surface area contributed by atoms with Gasteiger partial charge in [-0.15, -0.1) is 6.58 Å². The Morgan fingerprint density at radius 1 is 1.12 bits per heavy atom. The normalized spacial score (nSPS) is 20.3. The second-order valence-corrected chi connectivity index (χ2v) is 10.7. The molecule has 2 amide bonds. The number of amides is 2. The molecule has 232 valence electrons. The van der Waals surface area contributed by atoms with Gasteiger partial charge in [0.1, 0.15) is 18.0 Å². The van der Waals surface area contributed by atoms with Crippen molar-refractivity contribution in [2.45, 2.75) is 62.9 Å². The van der Waals surface area contributed by atoms with E-state index in [9.17, 15) is 24.9 Å². The summed E-state index contributed by atoms with van der Waals surface area (Å²) in [5.74, 6) is 0.213. The van der Waals surface area contributed by atoms with Gasteiger partial charge < -0.3 is 39.7 Å². The topological polar surface area (TPSA) is 138 Å². The molecule has 2 aromatic carbocycles. The third-order valence-corrected chi connectivity index (χ3v) is 8.00. The van der Waals surface area contributed by atoms with Crippen LogP contribution in [0.2, 0.25) is 0 Å². The van der Waals surface area contributed by atoms with E-state index in [-0.39, 0.29) is 32.1 Å². The van der Waals surface area contributed by atoms with Crippen LogP contribution in [-0.2, 0) is 22.6 Å². The molecule has 1 aliphatic carbocycles. The van der Waals surface area contributed by atoms with E-state index >= 15 is 0 Å². The van der Waals surface area contributed by atoms with Gasteiger partial charge in [0.2, 0.25) is 11.8 Å². The highest BCUT2D eigenvalue weighted by Crippen LogP contribution is 2.51. The molecule has 10 heteroatoms. The molecular weight excluding hydrogens is 552 g/mol. The maximum absolute atomic E-state index is 13.8. The van der Waals surface area contributed by atoms with E-state index in [2.05, 4.69) is 11.9 Å². The Labute approximate surface area is 252 Å². The van der Waals surface area contributed by atoms with Crippen LogP contribution in [0.3, 0.4) is 0 Å². The van der Waals surface area contributed by atoms with Gasteiger partial charge >= 0.3 is 0 Å². The van der Waals surface area contributed by atoms with Crippen molar-refractivity contribution in [3.63, 3.8) is 0 Å². The average Bonchev–Trinajstić information content (AvgIpc) is 3.42. The molecule has 0 aromatic heterocycles. The van der Waals surface area contributed by atoms with E-state index < -0.39 is 30.1 Å². The van der Waals surface area contributed by atoms with Crippen molar-refractivity contribution in [3.8, 4) is 17.2 Å². The van der Waals surface area contributed by atoms with Gasteiger partial charge in [0.15, 0.2) is 11.5 Å². The maximum Gasteiger partial charge on any atom is 0.247 e. The largest absolute Gasteiger partial charge is 0.497 e. The number of allylic oxidation sites excluding steroid dienone is 1. The van der Waals surface area contributed by atoms with Crippen LogP contribution in [0.15, 0.2) is 60.7 Å². The molecule has 4 unspecified atom stereocenters. The van der Waals surface area contributed by atoms with Gasteiger partial charge in [-0.05, 0) is 67.2 Å². The molecule has 10 nitrogen and oxygen atoms in total. The molecule has 1 aliphatic heterocycles. The van der Waals surface area contributed by atoms with Crippen LogP contribution in [-0.4, -0.2) is 84.2 Å². The minimum absolute atomic E-state index is 0.0380. The zero-order chi connectivity index (χ0) is 30.9. The van der Waals surface area contributed by atoms with Crippen molar-refractivity contribution >= 4 is 11.8 Å². The van der Waals surface area contributed by atoms with Crippen molar-refractivity contribution in [3.05, 3.63) is 77.4 Å². The summed E-state index contributed by atoms with van der Waals surface area (Å²) >= 11 is 0. The molecule has 4 atom stereocenters. The molecule has 0 bridgehead atoms. The van der Waals surface area contributed by atoms with Gasteiger partial charge in [-0.25, -0.2) is 0 Å². The zero-order valence-electron chi connectivity index (χ0n) is 24.8. The highest BCUT2D eigenvalue weighted by Gasteiger charge is 2.51. The summed E-state index contributed by atoms with van der Waals surface area (Å²) in [5, 5.41) is 33.8. The molecule has 2 aromatic rings. The van der Waals surface area contributed by atoms with E-state index in [1.807, 2.05) is 30.3 Å². The lowest BCUT2D eigenvalue weighted by atomic mass is 9.77. The first kappa shape index (κ1) is 32.1. The Morgan fingerprint density at radius 3 is 2.63 bits per heavy atom. The number of aliphatic hydroxyl groups is 3. The summed E-state index contributed by atoms with van der Waals surface area (Å²) in [6, 6.07) is 10.1. The molecule has 0 saturated carbocycles. The minimum Gasteiger partial charge on any atom is -0.497 e. The van der Waals surface area contributed by atoms with Crippen molar-refractivity contribution in [1.29, 1.82) is 0 Å². The van der Waals surface area contributed by atoms with Gasteiger partial charge in [0, 0.05) is 30.6 Å². The van der Waals surface area contributed by atoms with Crippen LogP contribution in [0.5, 0.6) is 17.2 Å². The molecule has 1 heterocycles. The van der Waals surface area contributed by atoms with Gasteiger partial charge in [0.05, 0.1) is 39.4 Å². The first-order chi connectivity index (χ1) is 20.9. The van der Waals surface area contributed by atoms with Gasteiger partial charge in [0.25, 0.3) is 0 Å². The molecule has 0 saturated heterocycles. The highest BCUT2D eigenvalue weighted by atomic mass is 16.5. The molecule has 0 spiro atoms. The second kappa shape index (κ2) is 15.0. The molecule has 43 heavy (non-hydrogen) atoms. The van der Waals surface area contributed by atoms with Crippen LogP contribution in [0.1, 0.15) is 48.3 Å². The van der Waals surface area contributed by atoms with E-state index in [1.54, 1.807) is 30.2 Å². The lowest BCUT2D eigenvalue weighted by Gasteiger charge is -2.41. The summed E-state index contributed by atoms with van der Waals surface area (Å²) in [7, 11) is 3.08. The quantitative estimate of drug-likeness (QED) is 0.183. The number of hydrogen-bond donors (Lipinski definition) is 4. The lowest BCUT2D eigenvalue weighted by molar-refractivity contribution is -0.137. The Bertz CT molecular complexity index is 1330. The summed E-state index contributed by atoms with van der Waals surface area (Å²) in [5.41, 5.74) is 2.45. The van der Waals surface area contributed by atoms with E-state index in [0.29, 0.717) is 53.3 Å². The standard InChI is InChI=1S/C33H42N2O8/c1-4-5-6-7-11-28(38)35(14-12-21-9-8-10-23(16-21)41-2)26-19-25(33(40)34-13-15-36)29-24-17-22(20-37)18-27(42-3)31(24)43-32(29)30(26)39/h4,8-10,16-19,26,29-30,32,36-37,39H,1,5-7,11-15,20H2,2-3H3,(H,34,40). The van der Waals surface area contributed by atoms with Gasteiger partial charge in [-0.2, -0.15) is 0 Å². The number of carbonyl (C=O) groups is 2. The fourth-order valence-corrected chi connectivity index (χ4v) is 5.85. The number of carbonyl (C=O) groups excluding carboxylic acids is 2. The number of aliphatic hydroxyl groups excluding tert-OH is 3. The van der Waals surface area contributed by atoms with Crippen molar-refractivity contribution in [2.24, 2.45) is 0 Å². The summed E-state index contributed by atoms with van der Waals surface area (Å²) < 4.78 is 17.2. The van der Waals surface area contributed by atoms with Crippen molar-refractivity contribution in [2.75, 3.05) is 33.9 Å².